The number of aromatic nitrogens is 2. The van der Waals surface area contributed by atoms with Crippen molar-refractivity contribution >= 4 is 27.7 Å². The van der Waals surface area contributed by atoms with Crippen LogP contribution in [0.1, 0.15) is 16.7 Å². The number of hydrogen-bond donors (Lipinski definition) is 3. The van der Waals surface area contributed by atoms with E-state index in [-0.39, 0.29) is 18.1 Å². The molecule has 1 amide bonds. The Bertz CT molecular complexity index is 1420. The van der Waals surface area contributed by atoms with Gasteiger partial charge in [0.15, 0.2) is 0 Å². The minimum Gasteiger partial charge on any atom is -0.361 e. The lowest BCUT2D eigenvalue weighted by atomic mass is 10.0. The van der Waals surface area contributed by atoms with E-state index in [9.17, 15) is 4.79 Å². The maximum atomic E-state index is 13.6. The van der Waals surface area contributed by atoms with Crippen LogP contribution in [-0.2, 0) is 24.2 Å². The van der Waals surface area contributed by atoms with Crippen molar-refractivity contribution in [2.24, 2.45) is 0 Å². The molecule has 0 spiro atoms. The molecule has 2 aromatic heterocycles. The number of para-hydroxylation sites is 2. The molecule has 3 heterocycles. The molecule has 1 fully saturated rings. The van der Waals surface area contributed by atoms with Crippen molar-refractivity contribution in [2.45, 2.75) is 31.6 Å². The van der Waals surface area contributed by atoms with Crippen LogP contribution in [0, 0.1) is 0 Å². The molecule has 5 nitrogen and oxygen atoms in total. The fourth-order valence-electron chi connectivity index (χ4n) is 5.06. The monoisotopic (exact) mass is 434 g/mol. The van der Waals surface area contributed by atoms with Crippen LogP contribution in [0.4, 0.5) is 0 Å². The van der Waals surface area contributed by atoms with E-state index in [0.29, 0.717) is 13.0 Å². The fraction of sp³-hybridized carbons (Fsp3) is 0.179. The van der Waals surface area contributed by atoms with Crippen LogP contribution >= 0.6 is 0 Å². The van der Waals surface area contributed by atoms with Crippen LogP contribution in [-0.4, -0.2) is 33.0 Å². The normalized spacial score (nSPS) is 18.5. The minimum absolute atomic E-state index is 0.0629. The number of fused-ring (bicyclic) bond motifs is 2. The molecule has 5 heteroatoms. The van der Waals surface area contributed by atoms with Crippen LogP contribution in [0.2, 0.25) is 0 Å². The number of amides is 1. The van der Waals surface area contributed by atoms with E-state index < -0.39 is 0 Å². The average Bonchev–Trinajstić information content (AvgIpc) is 3.53. The van der Waals surface area contributed by atoms with Crippen molar-refractivity contribution in [3.8, 4) is 0 Å². The molecule has 0 bridgehead atoms. The first-order chi connectivity index (χ1) is 16.3. The minimum atomic E-state index is -0.247. The van der Waals surface area contributed by atoms with Gasteiger partial charge in [-0.15, -0.1) is 0 Å². The maximum Gasteiger partial charge on any atom is 0.241 e. The van der Waals surface area contributed by atoms with Crippen molar-refractivity contribution < 1.29 is 4.79 Å². The summed E-state index contributed by atoms with van der Waals surface area (Å²) in [6.45, 7) is 0.601. The topological polar surface area (TPSA) is 63.9 Å². The molecule has 3 aromatic carbocycles. The van der Waals surface area contributed by atoms with Gasteiger partial charge in [0.25, 0.3) is 0 Å². The highest BCUT2D eigenvalue weighted by Crippen LogP contribution is 2.26. The molecule has 0 saturated carbocycles. The van der Waals surface area contributed by atoms with Gasteiger partial charge in [-0.2, -0.15) is 0 Å². The van der Waals surface area contributed by atoms with Gasteiger partial charge in [-0.25, -0.2) is 0 Å². The molecule has 2 atom stereocenters. The van der Waals surface area contributed by atoms with E-state index >= 15 is 0 Å². The molecular formula is C28H26N4O. The highest BCUT2D eigenvalue weighted by atomic mass is 16.2. The number of carbonyl (C=O) groups excluding carboxylic acids is 1. The third-order valence-electron chi connectivity index (χ3n) is 6.73. The third kappa shape index (κ3) is 3.70. The Hall–Kier alpha value is -3.83. The van der Waals surface area contributed by atoms with Gasteiger partial charge in [-0.05, 0) is 35.2 Å². The predicted molar refractivity (Wildman–Crippen MR) is 132 cm³/mol. The number of aromatic amines is 2. The molecule has 0 radical (unpaired) electrons. The van der Waals surface area contributed by atoms with Crippen molar-refractivity contribution in [1.29, 1.82) is 0 Å². The number of hydrogen-bond acceptors (Lipinski definition) is 2. The Balaban J connectivity index is 1.30. The quantitative estimate of drug-likeness (QED) is 0.361. The lowest BCUT2D eigenvalue weighted by Crippen LogP contribution is -2.38. The first-order valence-electron chi connectivity index (χ1n) is 11.5. The molecule has 1 saturated heterocycles. The van der Waals surface area contributed by atoms with Crippen LogP contribution in [0.3, 0.4) is 0 Å². The highest BCUT2D eigenvalue weighted by molar-refractivity contribution is 5.88. The second-order valence-electron chi connectivity index (χ2n) is 8.81. The number of carbonyl (C=O) groups is 1. The standard InChI is InChI=1S/C28H26N4O/c33-28-26(14-20-16-29-24-12-6-4-10-22(20)24)31-27(32(28)18-19-8-2-1-3-9-19)15-21-17-30-25-13-7-5-11-23(21)25/h1-13,16-17,26-27,29-31H,14-15,18H2/t26-,27+/m0/s1. The Kier molecular flexibility index (Phi) is 4.96. The summed E-state index contributed by atoms with van der Waals surface area (Å²) < 4.78 is 0. The Morgan fingerprint density at radius 1 is 0.697 bits per heavy atom. The Morgan fingerprint density at radius 2 is 1.27 bits per heavy atom. The van der Waals surface area contributed by atoms with Gasteiger partial charge in [-0.3, -0.25) is 10.1 Å². The van der Waals surface area contributed by atoms with Gasteiger partial charge in [0.1, 0.15) is 0 Å². The van der Waals surface area contributed by atoms with E-state index in [4.69, 9.17) is 0 Å². The number of H-pyrrole nitrogens is 2. The van der Waals surface area contributed by atoms with Gasteiger partial charge in [-0.1, -0.05) is 66.7 Å². The summed E-state index contributed by atoms with van der Waals surface area (Å²) in [6.07, 6.45) is 5.47. The van der Waals surface area contributed by atoms with Gasteiger partial charge < -0.3 is 14.9 Å². The van der Waals surface area contributed by atoms with Crippen molar-refractivity contribution in [3.63, 3.8) is 0 Å². The van der Waals surface area contributed by atoms with Crippen molar-refractivity contribution in [1.82, 2.24) is 20.2 Å². The van der Waals surface area contributed by atoms with Crippen molar-refractivity contribution in [3.05, 3.63) is 108 Å². The number of rotatable bonds is 6. The summed E-state index contributed by atoms with van der Waals surface area (Å²) in [5, 5.41) is 6.06. The predicted octanol–water partition coefficient (Wildman–Crippen LogP) is 4.76. The van der Waals surface area contributed by atoms with Crippen molar-refractivity contribution in [2.75, 3.05) is 0 Å². The third-order valence-corrected chi connectivity index (χ3v) is 6.73. The smallest absolute Gasteiger partial charge is 0.241 e. The molecule has 0 unspecified atom stereocenters. The molecule has 1 aliphatic rings. The van der Waals surface area contributed by atoms with Crippen LogP contribution in [0.5, 0.6) is 0 Å². The lowest BCUT2D eigenvalue weighted by molar-refractivity contribution is -0.130. The molecule has 1 aliphatic heterocycles. The van der Waals surface area contributed by atoms with Crippen LogP contribution in [0.25, 0.3) is 21.8 Å². The van der Waals surface area contributed by atoms with Gasteiger partial charge in [0.2, 0.25) is 5.91 Å². The molecule has 6 rings (SSSR count). The molecule has 3 N–H and O–H groups in total. The summed E-state index contributed by atoms with van der Waals surface area (Å²) in [4.78, 5) is 22.3. The summed E-state index contributed by atoms with van der Waals surface area (Å²) in [5.41, 5.74) is 5.77. The van der Waals surface area contributed by atoms with Gasteiger partial charge in [0.05, 0.1) is 12.2 Å². The summed E-state index contributed by atoms with van der Waals surface area (Å²) in [6, 6.07) is 26.6. The van der Waals surface area contributed by atoms with Gasteiger partial charge >= 0.3 is 0 Å². The van der Waals surface area contributed by atoms with E-state index in [1.165, 1.54) is 21.9 Å². The SMILES string of the molecule is O=C1[C@H](Cc2c[nH]c3ccccc23)N[C@@H](Cc2c[nH]c3ccccc23)N1Cc1ccccc1. The zero-order valence-electron chi connectivity index (χ0n) is 18.3. The largest absolute Gasteiger partial charge is 0.361 e. The summed E-state index contributed by atoms with van der Waals surface area (Å²) >= 11 is 0. The van der Waals surface area contributed by atoms with E-state index in [2.05, 4.69) is 63.9 Å². The van der Waals surface area contributed by atoms with E-state index in [1.54, 1.807) is 0 Å². The number of nitrogens with zero attached hydrogens (tertiary/aromatic N) is 1. The zero-order valence-corrected chi connectivity index (χ0v) is 18.3. The Labute approximate surface area is 192 Å². The number of benzene rings is 3. The molecular weight excluding hydrogens is 408 g/mol. The second kappa shape index (κ2) is 8.26. The van der Waals surface area contributed by atoms with E-state index in [1.807, 2.05) is 47.5 Å². The number of nitrogens with one attached hydrogen (secondary N) is 3. The highest BCUT2D eigenvalue weighted by Gasteiger charge is 2.39. The Morgan fingerprint density at radius 3 is 1.94 bits per heavy atom. The molecule has 0 aliphatic carbocycles. The van der Waals surface area contributed by atoms with Gasteiger partial charge in [0, 0.05) is 47.2 Å². The maximum absolute atomic E-state index is 13.6. The summed E-state index contributed by atoms with van der Waals surface area (Å²) in [7, 11) is 0. The lowest BCUT2D eigenvalue weighted by Gasteiger charge is -2.24. The first kappa shape index (κ1) is 19.8. The summed E-state index contributed by atoms with van der Waals surface area (Å²) in [5.74, 6) is 0.161. The molecule has 33 heavy (non-hydrogen) atoms. The first-order valence-corrected chi connectivity index (χ1v) is 11.5. The molecule has 5 aromatic rings. The second-order valence-corrected chi connectivity index (χ2v) is 8.81. The van der Waals surface area contributed by atoms with E-state index in [0.717, 1.165) is 23.0 Å². The molecule has 164 valence electrons. The average molecular weight is 435 g/mol. The fourth-order valence-corrected chi connectivity index (χ4v) is 5.06. The van der Waals surface area contributed by atoms with Crippen LogP contribution < -0.4 is 5.32 Å². The zero-order chi connectivity index (χ0) is 22.2. The van der Waals surface area contributed by atoms with Crippen LogP contribution in [0.15, 0.2) is 91.3 Å².